The van der Waals surface area contributed by atoms with Gasteiger partial charge in [0.15, 0.2) is 17.5 Å². The van der Waals surface area contributed by atoms with E-state index in [1.165, 1.54) is 6.92 Å². The van der Waals surface area contributed by atoms with E-state index in [9.17, 15) is 37.3 Å². The van der Waals surface area contributed by atoms with Gasteiger partial charge >= 0.3 is 0 Å². The van der Waals surface area contributed by atoms with Crippen molar-refractivity contribution in [3.05, 3.63) is 68.8 Å². The summed E-state index contributed by atoms with van der Waals surface area (Å²) in [5.41, 5.74) is -1.81. The summed E-state index contributed by atoms with van der Waals surface area (Å²) in [4.78, 5) is 36.1. The minimum Gasteiger partial charge on any atom is -0.329 e. The number of nitrogens with one attached hydrogen (secondary N) is 1. The molecule has 0 aromatic heterocycles. The quantitative estimate of drug-likeness (QED) is 0.313. The molecule has 2 aromatic rings. The number of nitro groups is 1. The molecular formula is C19H17F4N3O4. The van der Waals surface area contributed by atoms with Gasteiger partial charge in [-0.15, -0.1) is 0 Å². The summed E-state index contributed by atoms with van der Waals surface area (Å²) in [6.45, 7) is 2.27. The Morgan fingerprint density at radius 2 is 1.77 bits per heavy atom. The Bertz CT molecular complexity index is 1010. The number of nitrogens with zero attached hydrogens (tertiary/aromatic N) is 2. The Labute approximate surface area is 168 Å². The molecule has 160 valence electrons. The maximum Gasteiger partial charge on any atom is 0.276 e. The van der Waals surface area contributed by atoms with Gasteiger partial charge in [-0.1, -0.05) is 6.92 Å². The Kier molecular flexibility index (Phi) is 7.09. The van der Waals surface area contributed by atoms with Gasteiger partial charge in [0.2, 0.25) is 5.91 Å². The number of halogens is 4. The van der Waals surface area contributed by atoms with Crippen molar-refractivity contribution in [3.8, 4) is 0 Å². The molecule has 2 rings (SSSR count). The smallest absolute Gasteiger partial charge is 0.276 e. The molecule has 0 bridgehead atoms. The monoisotopic (exact) mass is 427 g/mol. The third-order valence-corrected chi connectivity index (χ3v) is 4.19. The summed E-state index contributed by atoms with van der Waals surface area (Å²) in [6, 6.07) is 3.16. The van der Waals surface area contributed by atoms with Crippen LogP contribution in [0.25, 0.3) is 0 Å². The first-order chi connectivity index (χ1) is 14.1. The van der Waals surface area contributed by atoms with Gasteiger partial charge in [-0.3, -0.25) is 19.7 Å². The maximum absolute atomic E-state index is 14.0. The van der Waals surface area contributed by atoms with Crippen LogP contribution >= 0.6 is 0 Å². The molecule has 0 atom stereocenters. The molecule has 1 N–H and O–H groups in total. The zero-order valence-corrected chi connectivity index (χ0v) is 16.0. The van der Waals surface area contributed by atoms with Crippen LogP contribution in [0, 0.1) is 40.3 Å². The first kappa shape index (κ1) is 22.8. The number of carbonyl (C=O) groups is 2. The van der Waals surface area contributed by atoms with Crippen LogP contribution in [0.2, 0.25) is 0 Å². The molecule has 0 radical (unpaired) electrons. The van der Waals surface area contributed by atoms with Gasteiger partial charge in [0, 0.05) is 18.2 Å². The van der Waals surface area contributed by atoms with Gasteiger partial charge < -0.3 is 10.2 Å². The third-order valence-electron chi connectivity index (χ3n) is 4.19. The number of anilines is 1. The van der Waals surface area contributed by atoms with E-state index in [0.29, 0.717) is 12.5 Å². The van der Waals surface area contributed by atoms with E-state index < -0.39 is 57.9 Å². The highest BCUT2D eigenvalue weighted by Crippen LogP contribution is 2.24. The molecule has 0 saturated heterocycles. The molecule has 0 fully saturated rings. The third kappa shape index (κ3) is 4.91. The van der Waals surface area contributed by atoms with E-state index in [0.717, 1.165) is 23.1 Å². The topological polar surface area (TPSA) is 92.6 Å². The lowest BCUT2D eigenvalue weighted by molar-refractivity contribution is -0.385. The molecule has 0 aliphatic rings. The number of amides is 2. The van der Waals surface area contributed by atoms with E-state index in [1.807, 2.05) is 5.32 Å². The zero-order chi connectivity index (χ0) is 22.6. The lowest BCUT2D eigenvalue weighted by Crippen LogP contribution is -2.38. The van der Waals surface area contributed by atoms with Crippen LogP contribution in [0.5, 0.6) is 0 Å². The van der Waals surface area contributed by atoms with Crippen molar-refractivity contribution in [1.82, 2.24) is 4.90 Å². The summed E-state index contributed by atoms with van der Waals surface area (Å²) < 4.78 is 54.0. The van der Waals surface area contributed by atoms with Gasteiger partial charge in [-0.2, -0.15) is 0 Å². The van der Waals surface area contributed by atoms with Crippen LogP contribution in [-0.2, 0) is 4.79 Å². The van der Waals surface area contributed by atoms with Gasteiger partial charge in [0.25, 0.3) is 11.6 Å². The number of nitro benzene ring substituents is 1. The fraction of sp³-hybridized carbons (Fsp3) is 0.263. The van der Waals surface area contributed by atoms with E-state index in [4.69, 9.17) is 0 Å². The molecule has 0 aliphatic carbocycles. The number of rotatable bonds is 7. The minimum atomic E-state index is -1.77. The molecule has 30 heavy (non-hydrogen) atoms. The van der Waals surface area contributed by atoms with E-state index in [-0.39, 0.29) is 17.7 Å². The second-order valence-electron chi connectivity index (χ2n) is 6.36. The molecule has 0 spiro atoms. The summed E-state index contributed by atoms with van der Waals surface area (Å²) in [5, 5.41) is 13.1. The van der Waals surface area contributed by atoms with Gasteiger partial charge in [-0.25, -0.2) is 17.6 Å². The second kappa shape index (κ2) is 9.33. The highest BCUT2D eigenvalue weighted by atomic mass is 19.2. The van der Waals surface area contributed by atoms with E-state index >= 15 is 0 Å². The first-order valence-corrected chi connectivity index (χ1v) is 8.74. The van der Waals surface area contributed by atoms with Crippen LogP contribution in [0.4, 0.5) is 28.9 Å². The SMILES string of the molecule is CCCN(CC(=O)Nc1ccc(F)c(F)c1F)C(=O)c1cc(F)c(C)c([N+](=O)[O-])c1. The Balaban J connectivity index is 2.25. The van der Waals surface area contributed by atoms with Crippen LogP contribution in [0.1, 0.15) is 29.3 Å². The van der Waals surface area contributed by atoms with Crippen LogP contribution < -0.4 is 5.32 Å². The number of carbonyl (C=O) groups excluding carboxylic acids is 2. The van der Waals surface area contributed by atoms with Crippen LogP contribution in [0.3, 0.4) is 0 Å². The molecule has 0 heterocycles. The van der Waals surface area contributed by atoms with Gasteiger partial charge in [0.05, 0.1) is 16.2 Å². The largest absolute Gasteiger partial charge is 0.329 e. The predicted molar refractivity (Wildman–Crippen MR) is 98.9 cm³/mol. The highest BCUT2D eigenvalue weighted by Gasteiger charge is 2.24. The van der Waals surface area contributed by atoms with Crippen molar-refractivity contribution in [2.45, 2.75) is 20.3 Å². The highest BCUT2D eigenvalue weighted by molar-refractivity contribution is 5.99. The van der Waals surface area contributed by atoms with Crippen molar-refractivity contribution in [2.24, 2.45) is 0 Å². The fourth-order valence-corrected chi connectivity index (χ4v) is 2.67. The van der Waals surface area contributed by atoms with Crippen molar-refractivity contribution in [3.63, 3.8) is 0 Å². The van der Waals surface area contributed by atoms with Gasteiger partial charge in [0.1, 0.15) is 12.4 Å². The number of hydrogen-bond acceptors (Lipinski definition) is 4. The minimum absolute atomic E-state index is 0.0236. The fourth-order valence-electron chi connectivity index (χ4n) is 2.67. The molecule has 0 unspecified atom stereocenters. The lowest BCUT2D eigenvalue weighted by Gasteiger charge is -2.22. The summed E-state index contributed by atoms with van der Waals surface area (Å²) in [6.07, 6.45) is 0.384. The van der Waals surface area contributed by atoms with Crippen molar-refractivity contribution in [1.29, 1.82) is 0 Å². The summed E-state index contributed by atoms with van der Waals surface area (Å²) in [5.74, 6) is -7.55. The average Bonchev–Trinajstić information content (AvgIpc) is 2.69. The molecule has 7 nitrogen and oxygen atoms in total. The first-order valence-electron chi connectivity index (χ1n) is 8.74. The second-order valence-corrected chi connectivity index (χ2v) is 6.36. The standard InChI is InChI=1S/C19H17F4N3O4/c1-3-6-25(9-16(27)24-14-5-4-12(20)17(22)18(14)23)19(28)11-7-13(21)10(2)15(8-11)26(29)30/h4-5,7-8H,3,6,9H2,1-2H3,(H,24,27). The predicted octanol–water partition coefficient (Wildman–Crippen LogP) is 3.95. The number of hydrogen-bond donors (Lipinski definition) is 1. The molecule has 0 saturated carbocycles. The normalized spacial score (nSPS) is 10.6. The summed E-state index contributed by atoms with van der Waals surface area (Å²) in [7, 11) is 0. The number of benzene rings is 2. The van der Waals surface area contributed by atoms with E-state index in [2.05, 4.69) is 0 Å². The molecule has 0 aliphatic heterocycles. The molecule has 2 aromatic carbocycles. The Hall–Kier alpha value is -3.50. The molecular weight excluding hydrogens is 410 g/mol. The zero-order valence-electron chi connectivity index (χ0n) is 16.0. The van der Waals surface area contributed by atoms with Crippen molar-refractivity contribution >= 4 is 23.2 Å². The van der Waals surface area contributed by atoms with Crippen LogP contribution in [-0.4, -0.2) is 34.7 Å². The molecule has 11 heteroatoms. The van der Waals surface area contributed by atoms with E-state index in [1.54, 1.807) is 6.92 Å². The Morgan fingerprint density at radius 1 is 1.10 bits per heavy atom. The van der Waals surface area contributed by atoms with Gasteiger partial charge in [-0.05, 0) is 31.5 Å². The summed E-state index contributed by atoms with van der Waals surface area (Å²) >= 11 is 0. The van der Waals surface area contributed by atoms with Crippen molar-refractivity contribution in [2.75, 3.05) is 18.4 Å². The molecule has 2 amide bonds. The Morgan fingerprint density at radius 3 is 2.37 bits per heavy atom. The average molecular weight is 427 g/mol. The van der Waals surface area contributed by atoms with Crippen molar-refractivity contribution < 1.29 is 32.1 Å². The van der Waals surface area contributed by atoms with Crippen LogP contribution in [0.15, 0.2) is 24.3 Å². The lowest BCUT2D eigenvalue weighted by atomic mass is 10.1. The maximum atomic E-state index is 14.0.